The molecule has 13 heavy (non-hydrogen) atoms. The highest BCUT2D eigenvalue weighted by atomic mass is 32.2. The van der Waals surface area contributed by atoms with Gasteiger partial charge in [-0.05, 0) is 32.2 Å². The van der Waals surface area contributed by atoms with E-state index in [0.29, 0.717) is 6.54 Å². The lowest BCUT2D eigenvalue weighted by molar-refractivity contribution is 0.468. The van der Waals surface area contributed by atoms with Crippen molar-refractivity contribution in [3.8, 4) is 0 Å². The van der Waals surface area contributed by atoms with Gasteiger partial charge in [0.1, 0.15) is 0 Å². The smallest absolute Gasteiger partial charge is 0.211 e. The summed E-state index contributed by atoms with van der Waals surface area (Å²) in [6.45, 7) is 3.14. The highest BCUT2D eigenvalue weighted by molar-refractivity contribution is 7.89. The second-order valence-electron chi connectivity index (χ2n) is 3.75. The minimum Gasteiger partial charge on any atom is -0.319 e. The standard InChI is InChI=1S/C8H18N2O2S/c1-3-13(11,12)10-7-8(4-5-8)6-9-2/h9-10H,3-7H2,1-2H3. The summed E-state index contributed by atoms with van der Waals surface area (Å²) >= 11 is 0. The summed E-state index contributed by atoms with van der Waals surface area (Å²) in [5, 5.41) is 3.09. The molecule has 0 aliphatic heterocycles. The minimum atomic E-state index is -3.01. The van der Waals surface area contributed by atoms with Crippen LogP contribution in [0, 0.1) is 5.41 Å². The molecule has 1 fully saturated rings. The van der Waals surface area contributed by atoms with Crippen molar-refractivity contribution in [2.24, 2.45) is 5.41 Å². The largest absolute Gasteiger partial charge is 0.319 e. The molecule has 0 saturated heterocycles. The Hall–Kier alpha value is -0.130. The minimum absolute atomic E-state index is 0.169. The first-order chi connectivity index (χ1) is 6.04. The zero-order chi connectivity index (χ0) is 9.95. The van der Waals surface area contributed by atoms with Crippen LogP contribution in [0.2, 0.25) is 0 Å². The van der Waals surface area contributed by atoms with Gasteiger partial charge in [-0.25, -0.2) is 13.1 Å². The third-order valence-electron chi connectivity index (χ3n) is 2.56. The molecule has 78 valence electrons. The second kappa shape index (κ2) is 3.94. The second-order valence-corrected chi connectivity index (χ2v) is 5.85. The van der Waals surface area contributed by atoms with Crippen LogP contribution < -0.4 is 10.0 Å². The maximum atomic E-state index is 11.1. The molecule has 0 amide bonds. The molecule has 0 aromatic rings. The van der Waals surface area contributed by atoms with Crippen molar-refractivity contribution in [3.05, 3.63) is 0 Å². The molecule has 1 saturated carbocycles. The van der Waals surface area contributed by atoms with Gasteiger partial charge < -0.3 is 5.32 Å². The zero-order valence-corrected chi connectivity index (χ0v) is 9.08. The summed E-state index contributed by atoms with van der Waals surface area (Å²) in [7, 11) is -1.11. The van der Waals surface area contributed by atoms with Crippen molar-refractivity contribution < 1.29 is 8.42 Å². The molecule has 0 spiro atoms. The Morgan fingerprint density at radius 2 is 1.92 bits per heavy atom. The van der Waals surface area contributed by atoms with E-state index < -0.39 is 10.0 Å². The molecular formula is C8H18N2O2S. The third-order valence-corrected chi connectivity index (χ3v) is 3.90. The normalized spacial score (nSPS) is 20.2. The van der Waals surface area contributed by atoms with Crippen LogP contribution in [0.1, 0.15) is 19.8 Å². The van der Waals surface area contributed by atoms with Gasteiger partial charge >= 0.3 is 0 Å². The fraction of sp³-hybridized carbons (Fsp3) is 1.00. The van der Waals surface area contributed by atoms with Crippen LogP contribution in [0.15, 0.2) is 0 Å². The molecule has 0 unspecified atom stereocenters. The maximum Gasteiger partial charge on any atom is 0.211 e. The van der Waals surface area contributed by atoms with Crippen LogP contribution in [-0.4, -0.2) is 34.3 Å². The SMILES string of the molecule is CCS(=O)(=O)NCC1(CNC)CC1. The van der Waals surface area contributed by atoms with Crippen molar-refractivity contribution in [1.29, 1.82) is 0 Å². The predicted octanol–water partition coefficient (Wildman–Crippen LogP) is -0.0747. The number of hydrogen-bond acceptors (Lipinski definition) is 3. The topological polar surface area (TPSA) is 58.2 Å². The van der Waals surface area contributed by atoms with Crippen LogP contribution in [0.25, 0.3) is 0 Å². The Morgan fingerprint density at radius 3 is 2.31 bits per heavy atom. The van der Waals surface area contributed by atoms with E-state index in [-0.39, 0.29) is 11.2 Å². The van der Waals surface area contributed by atoms with E-state index >= 15 is 0 Å². The molecule has 0 bridgehead atoms. The van der Waals surface area contributed by atoms with E-state index in [9.17, 15) is 8.42 Å². The van der Waals surface area contributed by atoms with Gasteiger partial charge in [0, 0.05) is 13.1 Å². The summed E-state index contributed by atoms with van der Waals surface area (Å²) in [6.07, 6.45) is 2.25. The van der Waals surface area contributed by atoms with Gasteiger partial charge in [-0.3, -0.25) is 0 Å². The Morgan fingerprint density at radius 1 is 1.31 bits per heavy atom. The molecular weight excluding hydrogens is 188 g/mol. The van der Waals surface area contributed by atoms with E-state index in [4.69, 9.17) is 0 Å². The Balaban J connectivity index is 2.34. The lowest BCUT2D eigenvalue weighted by atomic mass is 10.1. The number of hydrogen-bond donors (Lipinski definition) is 2. The van der Waals surface area contributed by atoms with Crippen LogP contribution in [0.5, 0.6) is 0 Å². The monoisotopic (exact) mass is 206 g/mol. The first-order valence-electron chi connectivity index (χ1n) is 4.65. The molecule has 2 N–H and O–H groups in total. The molecule has 4 nitrogen and oxygen atoms in total. The van der Waals surface area contributed by atoms with Gasteiger partial charge in [0.25, 0.3) is 0 Å². The van der Waals surface area contributed by atoms with E-state index in [0.717, 1.165) is 19.4 Å². The third kappa shape index (κ3) is 3.25. The van der Waals surface area contributed by atoms with Gasteiger partial charge in [0.2, 0.25) is 10.0 Å². The van der Waals surface area contributed by atoms with Gasteiger partial charge in [-0.2, -0.15) is 0 Å². The molecule has 1 rings (SSSR count). The lowest BCUT2D eigenvalue weighted by Crippen LogP contribution is -2.35. The predicted molar refractivity (Wildman–Crippen MR) is 53.1 cm³/mol. The van der Waals surface area contributed by atoms with Crippen molar-refractivity contribution in [2.45, 2.75) is 19.8 Å². The lowest BCUT2D eigenvalue weighted by Gasteiger charge is -2.14. The van der Waals surface area contributed by atoms with Gasteiger partial charge in [0.15, 0.2) is 0 Å². The van der Waals surface area contributed by atoms with Crippen LogP contribution in [-0.2, 0) is 10.0 Å². The van der Waals surface area contributed by atoms with E-state index in [2.05, 4.69) is 10.0 Å². The highest BCUT2D eigenvalue weighted by Crippen LogP contribution is 2.44. The van der Waals surface area contributed by atoms with E-state index in [1.54, 1.807) is 6.92 Å². The summed E-state index contributed by atoms with van der Waals surface area (Å²) in [4.78, 5) is 0. The van der Waals surface area contributed by atoms with E-state index in [1.165, 1.54) is 0 Å². The summed E-state index contributed by atoms with van der Waals surface area (Å²) in [6, 6.07) is 0. The molecule has 0 aromatic carbocycles. The van der Waals surface area contributed by atoms with Gasteiger partial charge in [-0.15, -0.1) is 0 Å². The average Bonchev–Trinajstić information content (AvgIpc) is 2.84. The number of rotatable bonds is 6. The first kappa shape index (κ1) is 10.9. The fourth-order valence-corrected chi connectivity index (χ4v) is 2.06. The fourth-order valence-electron chi connectivity index (χ4n) is 1.33. The van der Waals surface area contributed by atoms with Crippen LogP contribution in [0.3, 0.4) is 0 Å². The van der Waals surface area contributed by atoms with Crippen LogP contribution >= 0.6 is 0 Å². The highest BCUT2D eigenvalue weighted by Gasteiger charge is 2.42. The Kier molecular flexibility index (Phi) is 3.32. The molecule has 5 heteroatoms. The molecule has 0 heterocycles. The first-order valence-corrected chi connectivity index (χ1v) is 6.31. The van der Waals surface area contributed by atoms with Gasteiger partial charge in [-0.1, -0.05) is 0 Å². The molecule has 0 radical (unpaired) electrons. The summed E-state index contributed by atoms with van der Waals surface area (Å²) < 4.78 is 24.9. The van der Waals surface area contributed by atoms with Crippen molar-refractivity contribution in [1.82, 2.24) is 10.0 Å². The Labute approximate surface area is 80.1 Å². The molecule has 0 atom stereocenters. The van der Waals surface area contributed by atoms with Crippen molar-refractivity contribution >= 4 is 10.0 Å². The molecule has 0 aromatic heterocycles. The Bertz CT molecular complexity index is 257. The maximum absolute atomic E-state index is 11.1. The average molecular weight is 206 g/mol. The number of nitrogens with one attached hydrogen (secondary N) is 2. The van der Waals surface area contributed by atoms with E-state index in [1.807, 2.05) is 7.05 Å². The molecule has 1 aliphatic carbocycles. The van der Waals surface area contributed by atoms with Crippen LogP contribution in [0.4, 0.5) is 0 Å². The number of sulfonamides is 1. The zero-order valence-electron chi connectivity index (χ0n) is 8.26. The summed E-state index contributed by atoms with van der Waals surface area (Å²) in [5.41, 5.74) is 0.205. The van der Waals surface area contributed by atoms with Crippen molar-refractivity contribution in [2.75, 3.05) is 25.9 Å². The quantitative estimate of drug-likeness (QED) is 0.639. The van der Waals surface area contributed by atoms with Gasteiger partial charge in [0.05, 0.1) is 5.75 Å². The summed E-state index contributed by atoms with van der Waals surface area (Å²) in [5.74, 6) is 0.169. The van der Waals surface area contributed by atoms with Crippen molar-refractivity contribution in [3.63, 3.8) is 0 Å². The molecule has 1 aliphatic rings.